The molecule has 1 saturated heterocycles. The molecule has 0 saturated carbocycles. The van der Waals surface area contributed by atoms with E-state index in [1.54, 1.807) is 16.0 Å². The van der Waals surface area contributed by atoms with E-state index in [4.69, 9.17) is 0 Å². The van der Waals surface area contributed by atoms with Crippen molar-refractivity contribution >= 4 is 11.8 Å². The van der Waals surface area contributed by atoms with E-state index < -0.39 is 0 Å². The summed E-state index contributed by atoms with van der Waals surface area (Å²) < 4.78 is 1.81. The smallest absolute Gasteiger partial charge is 0.242 e. The van der Waals surface area contributed by atoms with E-state index in [1.165, 1.54) is 0 Å². The van der Waals surface area contributed by atoms with Crippen LogP contribution in [-0.4, -0.2) is 57.6 Å². The number of amides is 2. The summed E-state index contributed by atoms with van der Waals surface area (Å²) in [4.78, 5) is 28.3. The van der Waals surface area contributed by atoms with Gasteiger partial charge in [-0.25, -0.2) is 0 Å². The van der Waals surface area contributed by atoms with Crippen molar-refractivity contribution in [3.05, 3.63) is 54.4 Å². The Morgan fingerprint density at radius 3 is 2.76 bits per heavy atom. The van der Waals surface area contributed by atoms with Gasteiger partial charge in [0.2, 0.25) is 11.8 Å². The molecule has 1 unspecified atom stereocenters. The van der Waals surface area contributed by atoms with Gasteiger partial charge >= 0.3 is 0 Å². The van der Waals surface area contributed by atoms with E-state index in [0.717, 1.165) is 5.56 Å². The summed E-state index contributed by atoms with van der Waals surface area (Å²) in [5, 5.41) is 4.15. The van der Waals surface area contributed by atoms with Crippen molar-refractivity contribution in [2.24, 2.45) is 0 Å². The van der Waals surface area contributed by atoms with E-state index in [0.29, 0.717) is 32.6 Å². The Balaban J connectivity index is 1.55. The van der Waals surface area contributed by atoms with Gasteiger partial charge in [-0.2, -0.15) is 5.10 Å². The minimum Gasteiger partial charge on any atom is -0.340 e. The lowest BCUT2D eigenvalue weighted by Crippen LogP contribution is -2.42. The third-order valence-electron chi connectivity index (χ3n) is 4.70. The van der Waals surface area contributed by atoms with Crippen LogP contribution in [0.25, 0.3) is 0 Å². The molecule has 1 fully saturated rings. The first-order valence-corrected chi connectivity index (χ1v) is 8.75. The van der Waals surface area contributed by atoms with E-state index in [1.807, 2.05) is 54.2 Å². The quantitative estimate of drug-likeness (QED) is 0.771. The molecule has 0 N–H and O–H groups in total. The van der Waals surface area contributed by atoms with Gasteiger partial charge in [-0.05, 0) is 18.6 Å². The van der Waals surface area contributed by atoms with Crippen LogP contribution in [0.5, 0.6) is 0 Å². The van der Waals surface area contributed by atoms with Gasteiger partial charge in [0.25, 0.3) is 0 Å². The number of carbonyl (C=O) groups excluding carboxylic acids is 2. The second-order valence-corrected chi connectivity index (χ2v) is 6.33. The van der Waals surface area contributed by atoms with Crippen LogP contribution in [0.4, 0.5) is 0 Å². The fourth-order valence-electron chi connectivity index (χ4n) is 3.25. The number of hydrogen-bond donors (Lipinski definition) is 0. The predicted octanol–water partition coefficient (Wildman–Crippen LogP) is 1.75. The summed E-state index contributed by atoms with van der Waals surface area (Å²) in [5.41, 5.74) is 1.16. The van der Waals surface area contributed by atoms with Crippen LogP contribution in [0.1, 0.15) is 24.8 Å². The molecule has 0 aliphatic carbocycles. The first-order chi connectivity index (χ1) is 12.2. The summed E-state index contributed by atoms with van der Waals surface area (Å²) in [6.07, 6.45) is 4.09. The number of hydrogen-bond acceptors (Lipinski definition) is 3. The zero-order valence-corrected chi connectivity index (χ0v) is 14.5. The molecule has 2 amide bonds. The molecule has 132 valence electrons. The molecule has 25 heavy (non-hydrogen) atoms. The third kappa shape index (κ3) is 4.26. The number of benzene rings is 1. The van der Waals surface area contributed by atoms with Gasteiger partial charge in [-0.15, -0.1) is 0 Å². The van der Waals surface area contributed by atoms with Crippen LogP contribution in [0.2, 0.25) is 0 Å². The number of likely N-dealkylation sites (N-methyl/N-ethyl adjacent to an activating group) is 1. The van der Waals surface area contributed by atoms with E-state index in [-0.39, 0.29) is 24.3 Å². The van der Waals surface area contributed by atoms with E-state index in [9.17, 15) is 9.59 Å². The second-order valence-electron chi connectivity index (χ2n) is 6.33. The topological polar surface area (TPSA) is 58.4 Å². The Hall–Kier alpha value is -2.63. The average Bonchev–Trinajstić information content (AvgIpc) is 3.27. The molecule has 1 aromatic carbocycles. The molecule has 6 nitrogen and oxygen atoms in total. The van der Waals surface area contributed by atoms with Crippen molar-refractivity contribution in [2.75, 3.05) is 26.2 Å². The summed E-state index contributed by atoms with van der Waals surface area (Å²) in [7, 11) is 0. The molecule has 6 heteroatoms. The van der Waals surface area contributed by atoms with Crippen molar-refractivity contribution in [3.8, 4) is 0 Å². The molecule has 2 aromatic rings. The Kier molecular flexibility index (Phi) is 5.48. The Labute approximate surface area is 148 Å². The van der Waals surface area contributed by atoms with Crippen LogP contribution in [0.3, 0.4) is 0 Å². The van der Waals surface area contributed by atoms with Gasteiger partial charge in [0.1, 0.15) is 0 Å². The molecule has 1 atom stereocenters. The van der Waals surface area contributed by atoms with Crippen LogP contribution >= 0.6 is 0 Å². The second kappa shape index (κ2) is 7.96. The first-order valence-electron chi connectivity index (χ1n) is 8.75. The van der Waals surface area contributed by atoms with Crippen molar-refractivity contribution in [1.82, 2.24) is 19.6 Å². The molecule has 3 rings (SSSR count). The van der Waals surface area contributed by atoms with Gasteiger partial charge in [0.15, 0.2) is 0 Å². The minimum absolute atomic E-state index is 0.00304. The Bertz CT molecular complexity index is 699. The number of likely N-dealkylation sites (tertiary alicyclic amines) is 1. The number of nitrogens with zero attached hydrogens (tertiary/aromatic N) is 4. The highest BCUT2D eigenvalue weighted by Crippen LogP contribution is 2.27. The molecule has 1 aromatic heterocycles. The number of carbonyl (C=O) groups is 2. The predicted molar refractivity (Wildman–Crippen MR) is 94.9 cm³/mol. The lowest BCUT2D eigenvalue weighted by atomic mass is 9.99. The molecule has 0 bridgehead atoms. The summed E-state index contributed by atoms with van der Waals surface area (Å²) in [6.45, 7) is 4.62. The van der Waals surface area contributed by atoms with Gasteiger partial charge < -0.3 is 9.80 Å². The van der Waals surface area contributed by atoms with Gasteiger partial charge in [0.05, 0.1) is 13.1 Å². The average molecular weight is 340 g/mol. The SMILES string of the molecule is CCN(CCn1cccn1)C(=O)CN1CC(c2ccccc2)CC1=O. The molecular formula is C19H24N4O2. The Morgan fingerprint density at radius 2 is 2.08 bits per heavy atom. The highest BCUT2D eigenvalue weighted by atomic mass is 16.2. The van der Waals surface area contributed by atoms with Crippen LogP contribution in [0.15, 0.2) is 48.8 Å². The zero-order chi connectivity index (χ0) is 17.6. The van der Waals surface area contributed by atoms with Crippen molar-refractivity contribution in [1.29, 1.82) is 0 Å². The van der Waals surface area contributed by atoms with E-state index in [2.05, 4.69) is 5.10 Å². The molecule has 0 spiro atoms. The van der Waals surface area contributed by atoms with Crippen LogP contribution < -0.4 is 0 Å². The fraction of sp³-hybridized carbons (Fsp3) is 0.421. The van der Waals surface area contributed by atoms with Crippen molar-refractivity contribution in [2.45, 2.75) is 25.8 Å². The van der Waals surface area contributed by atoms with E-state index >= 15 is 0 Å². The highest BCUT2D eigenvalue weighted by Gasteiger charge is 2.32. The lowest BCUT2D eigenvalue weighted by molar-refractivity contribution is -0.138. The number of aromatic nitrogens is 2. The summed E-state index contributed by atoms with van der Waals surface area (Å²) in [5.74, 6) is 0.239. The monoisotopic (exact) mass is 340 g/mol. The summed E-state index contributed by atoms with van der Waals surface area (Å²) >= 11 is 0. The molecule has 2 heterocycles. The largest absolute Gasteiger partial charge is 0.340 e. The summed E-state index contributed by atoms with van der Waals surface area (Å²) in [6, 6.07) is 11.9. The van der Waals surface area contributed by atoms with Crippen LogP contribution in [-0.2, 0) is 16.1 Å². The maximum atomic E-state index is 12.6. The third-order valence-corrected chi connectivity index (χ3v) is 4.70. The maximum Gasteiger partial charge on any atom is 0.242 e. The normalized spacial score (nSPS) is 17.1. The Morgan fingerprint density at radius 1 is 1.28 bits per heavy atom. The van der Waals surface area contributed by atoms with Crippen molar-refractivity contribution < 1.29 is 9.59 Å². The van der Waals surface area contributed by atoms with Crippen molar-refractivity contribution in [3.63, 3.8) is 0 Å². The molecular weight excluding hydrogens is 316 g/mol. The maximum absolute atomic E-state index is 12.6. The molecule has 1 aliphatic rings. The van der Waals surface area contributed by atoms with Gasteiger partial charge in [-0.1, -0.05) is 30.3 Å². The fourth-order valence-corrected chi connectivity index (χ4v) is 3.25. The minimum atomic E-state index is -0.00304. The zero-order valence-electron chi connectivity index (χ0n) is 14.5. The molecule has 0 radical (unpaired) electrons. The molecule has 1 aliphatic heterocycles. The van der Waals surface area contributed by atoms with Gasteiger partial charge in [-0.3, -0.25) is 14.3 Å². The first kappa shape index (κ1) is 17.2. The highest BCUT2D eigenvalue weighted by molar-refractivity contribution is 5.86. The standard InChI is InChI=1S/C19H24N4O2/c1-2-21(11-12-23-10-6-9-20-23)19(25)15-22-14-17(13-18(22)24)16-7-4-3-5-8-16/h3-10,17H,2,11-15H2,1H3. The number of rotatable bonds is 7. The van der Waals surface area contributed by atoms with Crippen LogP contribution in [0, 0.1) is 0 Å². The van der Waals surface area contributed by atoms with Gasteiger partial charge in [0, 0.05) is 44.4 Å². The lowest BCUT2D eigenvalue weighted by Gasteiger charge is -2.24.